The number of aromatic nitrogens is 2. The Morgan fingerprint density at radius 1 is 1.69 bits per heavy atom. The van der Waals surface area contributed by atoms with Gasteiger partial charge in [0.25, 0.3) is 0 Å². The van der Waals surface area contributed by atoms with Crippen molar-refractivity contribution in [2.24, 2.45) is 0 Å². The smallest absolute Gasteiger partial charge is 0.333 e. The summed E-state index contributed by atoms with van der Waals surface area (Å²) in [6, 6.07) is 0. The van der Waals surface area contributed by atoms with E-state index in [-0.39, 0.29) is 30.4 Å². The first-order valence-corrected chi connectivity index (χ1v) is 4.60. The molecule has 0 saturated carbocycles. The van der Waals surface area contributed by atoms with Crippen LogP contribution in [0.1, 0.15) is 12.6 Å². The molecule has 0 aromatic carbocycles. The number of nitrogens with zero attached hydrogens (tertiary/aromatic N) is 3. The number of ether oxygens (including phenoxy) is 1. The van der Waals surface area contributed by atoms with E-state index in [0.29, 0.717) is 0 Å². The summed E-state index contributed by atoms with van der Waals surface area (Å²) in [7, 11) is 0. The van der Waals surface area contributed by atoms with Gasteiger partial charge in [-0.2, -0.15) is 5.10 Å². The van der Waals surface area contributed by atoms with Crippen LogP contribution in [-0.4, -0.2) is 27.3 Å². The van der Waals surface area contributed by atoms with Crippen LogP contribution in [-0.2, 0) is 16.1 Å². The molecular formula is C8H12N4O4. The van der Waals surface area contributed by atoms with Crippen LogP contribution in [0.2, 0.25) is 0 Å². The first-order chi connectivity index (χ1) is 7.47. The highest BCUT2D eigenvalue weighted by Gasteiger charge is 2.23. The van der Waals surface area contributed by atoms with Crippen LogP contribution in [0.25, 0.3) is 0 Å². The molecule has 1 aromatic rings. The van der Waals surface area contributed by atoms with Crippen LogP contribution in [0.4, 0.5) is 11.5 Å². The van der Waals surface area contributed by atoms with Crippen LogP contribution in [0.15, 0.2) is 0 Å². The van der Waals surface area contributed by atoms with Gasteiger partial charge in [-0.05, 0) is 13.8 Å². The van der Waals surface area contributed by atoms with Crippen molar-refractivity contribution in [2.45, 2.75) is 20.4 Å². The normalized spacial score (nSPS) is 10.1. The predicted octanol–water partition coefficient (Wildman–Crippen LogP) is 0.245. The summed E-state index contributed by atoms with van der Waals surface area (Å²) in [5.41, 5.74) is 5.40. The number of anilines is 1. The van der Waals surface area contributed by atoms with Gasteiger partial charge in [0.2, 0.25) is 5.82 Å². The van der Waals surface area contributed by atoms with Gasteiger partial charge in [-0.15, -0.1) is 0 Å². The van der Waals surface area contributed by atoms with Crippen molar-refractivity contribution < 1.29 is 14.5 Å². The third-order valence-corrected chi connectivity index (χ3v) is 1.90. The molecule has 16 heavy (non-hydrogen) atoms. The van der Waals surface area contributed by atoms with Crippen molar-refractivity contribution in [3.63, 3.8) is 0 Å². The Morgan fingerprint density at radius 2 is 2.31 bits per heavy atom. The number of nitrogens with two attached hydrogens (primary N) is 1. The van der Waals surface area contributed by atoms with Crippen LogP contribution in [0.3, 0.4) is 0 Å². The van der Waals surface area contributed by atoms with Crippen molar-refractivity contribution >= 4 is 17.5 Å². The highest BCUT2D eigenvalue weighted by atomic mass is 16.6. The molecule has 8 nitrogen and oxygen atoms in total. The highest BCUT2D eigenvalue weighted by molar-refractivity contribution is 5.70. The molecule has 88 valence electrons. The minimum absolute atomic E-state index is 0.143. The van der Waals surface area contributed by atoms with E-state index >= 15 is 0 Å². The average molecular weight is 228 g/mol. The fourth-order valence-corrected chi connectivity index (χ4v) is 1.26. The molecule has 0 aliphatic rings. The largest absolute Gasteiger partial charge is 0.465 e. The third-order valence-electron chi connectivity index (χ3n) is 1.90. The summed E-state index contributed by atoms with van der Waals surface area (Å²) in [4.78, 5) is 21.1. The zero-order valence-corrected chi connectivity index (χ0v) is 8.97. The van der Waals surface area contributed by atoms with Gasteiger partial charge >= 0.3 is 11.7 Å². The number of hydrogen-bond acceptors (Lipinski definition) is 6. The Hall–Kier alpha value is -2.12. The molecule has 0 fully saturated rings. The fraction of sp³-hybridized carbons (Fsp3) is 0.500. The van der Waals surface area contributed by atoms with Gasteiger partial charge in [-0.1, -0.05) is 0 Å². The SMILES string of the molecule is CCOC(=O)Cn1nc(C)c([N+](=O)[O-])c1N. The van der Waals surface area contributed by atoms with Crippen molar-refractivity contribution in [3.05, 3.63) is 15.8 Å². The van der Waals surface area contributed by atoms with Crippen LogP contribution < -0.4 is 5.73 Å². The Morgan fingerprint density at radius 3 is 2.75 bits per heavy atom. The van der Waals surface area contributed by atoms with E-state index < -0.39 is 10.9 Å². The maximum atomic E-state index is 11.1. The second-order valence-electron chi connectivity index (χ2n) is 3.04. The molecule has 2 N–H and O–H groups in total. The molecule has 0 aliphatic heterocycles. The molecule has 0 aliphatic carbocycles. The average Bonchev–Trinajstić information content (AvgIpc) is 2.42. The number of aryl methyl sites for hydroxylation is 1. The van der Waals surface area contributed by atoms with Gasteiger partial charge < -0.3 is 10.5 Å². The first kappa shape index (κ1) is 12.0. The molecule has 0 atom stereocenters. The number of nitrogen functional groups attached to an aromatic ring is 1. The molecule has 1 rings (SSSR count). The summed E-state index contributed by atoms with van der Waals surface area (Å²) >= 11 is 0. The summed E-state index contributed by atoms with van der Waals surface area (Å²) in [6.07, 6.45) is 0. The van der Waals surface area contributed by atoms with Gasteiger partial charge in [-0.25, -0.2) is 4.68 Å². The molecule has 8 heteroatoms. The quantitative estimate of drug-likeness (QED) is 0.448. The molecule has 1 heterocycles. The standard InChI is InChI=1S/C8H12N4O4/c1-3-16-6(13)4-11-8(9)7(12(14)15)5(2)10-11/h3-4,9H2,1-2H3. The lowest BCUT2D eigenvalue weighted by molar-refractivity contribution is -0.384. The number of nitro groups is 1. The molecule has 1 aromatic heterocycles. The van der Waals surface area contributed by atoms with Crippen molar-refractivity contribution in [2.75, 3.05) is 12.3 Å². The van der Waals surface area contributed by atoms with Gasteiger partial charge in [0, 0.05) is 0 Å². The number of carbonyl (C=O) groups excluding carboxylic acids is 1. The monoisotopic (exact) mass is 228 g/mol. The Balaban J connectivity index is 2.95. The molecule has 0 spiro atoms. The third kappa shape index (κ3) is 2.27. The predicted molar refractivity (Wildman–Crippen MR) is 54.7 cm³/mol. The van der Waals surface area contributed by atoms with E-state index in [1.165, 1.54) is 6.92 Å². The van der Waals surface area contributed by atoms with Crippen molar-refractivity contribution in [3.8, 4) is 0 Å². The van der Waals surface area contributed by atoms with E-state index in [4.69, 9.17) is 5.73 Å². The lowest BCUT2D eigenvalue weighted by Crippen LogP contribution is -2.16. The van der Waals surface area contributed by atoms with E-state index in [1.807, 2.05) is 0 Å². The summed E-state index contributed by atoms with van der Waals surface area (Å²) in [5, 5.41) is 14.4. The Labute approximate surface area is 91.1 Å². The number of rotatable bonds is 4. The second kappa shape index (κ2) is 4.60. The lowest BCUT2D eigenvalue weighted by atomic mass is 10.4. The van der Waals surface area contributed by atoms with E-state index in [1.54, 1.807) is 6.92 Å². The Kier molecular flexibility index (Phi) is 3.44. The van der Waals surface area contributed by atoms with Crippen LogP contribution in [0, 0.1) is 17.0 Å². The number of hydrogen-bond donors (Lipinski definition) is 1. The summed E-state index contributed by atoms with van der Waals surface area (Å²) < 4.78 is 5.75. The molecule has 0 amide bonds. The molecule has 0 radical (unpaired) electrons. The van der Waals surface area contributed by atoms with E-state index in [2.05, 4.69) is 9.84 Å². The van der Waals surface area contributed by atoms with Gasteiger partial charge in [0.1, 0.15) is 12.2 Å². The maximum absolute atomic E-state index is 11.1. The van der Waals surface area contributed by atoms with Crippen molar-refractivity contribution in [1.82, 2.24) is 9.78 Å². The zero-order chi connectivity index (χ0) is 12.3. The molecular weight excluding hydrogens is 216 g/mol. The minimum atomic E-state index is -0.626. The van der Waals surface area contributed by atoms with Crippen LogP contribution >= 0.6 is 0 Å². The van der Waals surface area contributed by atoms with Crippen molar-refractivity contribution in [1.29, 1.82) is 0 Å². The lowest BCUT2D eigenvalue weighted by Gasteiger charge is -2.02. The minimum Gasteiger partial charge on any atom is -0.465 e. The molecule has 0 unspecified atom stereocenters. The van der Waals surface area contributed by atoms with Gasteiger partial charge in [0.05, 0.1) is 11.5 Å². The second-order valence-corrected chi connectivity index (χ2v) is 3.04. The van der Waals surface area contributed by atoms with Gasteiger partial charge in [-0.3, -0.25) is 14.9 Å². The Bertz CT molecular complexity index is 426. The summed E-state index contributed by atoms with van der Waals surface area (Å²) in [5.74, 6) is -0.679. The van der Waals surface area contributed by atoms with Gasteiger partial charge in [0.15, 0.2) is 0 Å². The number of esters is 1. The highest BCUT2D eigenvalue weighted by Crippen LogP contribution is 2.24. The summed E-state index contributed by atoms with van der Waals surface area (Å²) in [6.45, 7) is 3.13. The topological polar surface area (TPSA) is 113 Å². The maximum Gasteiger partial charge on any atom is 0.333 e. The number of carbonyl (C=O) groups is 1. The molecule has 0 saturated heterocycles. The first-order valence-electron chi connectivity index (χ1n) is 4.60. The molecule has 0 bridgehead atoms. The zero-order valence-electron chi connectivity index (χ0n) is 8.97. The fourth-order valence-electron chi connectivity index (χ4n) is 1.26. The van der Waals surface area contributed by atoms with E-state index in [0.717, 1.165) is 4.68 Å². The van der Waals surface area contributed by atoms with E-state index in [9.17, 15) is 14.9 Å². The van der Waals surface area contributed by atoms with Crippen LogP contribution in [0.5, 0.6) is 0 Å².